The van der Waals surface area contributed by atoms with Crippen LogP contribution in [0.4, 0.5) is 0 Å². The molecule has 5 rings (SSSR count). The highest BCUT2D eigenvalue weighted by Gasteiger charge is 2.36. The first-order valence-electron chi connectivity index (χ1n) is 16.5. The molecule has 0 saturated carbocycles. The van der Waals surface area contributed by atoms with Crippen molar-refractivity contribution in [3.63, 3.8) is 0 Å². The van der Waals surface area contributed by atoms with Gasteiger partial charge in [-0.1, -0.05) is 41.4 Å². The molecule has 2 amide bonds. The minimum absolute atomic E-state index is 0.114. The molecule has 2 aromatic rings. The highest BCUT2D eigenvalue weighted by atomic mass is 79.9. The molecule has 1 aromatic carbocycles. The number of methoxy groups -OCH3 is 1. The van der Waals surface area contributed by atoms with Crippen molar-refractivity contribution in [3.8, 4) is 0 Å². The Labute approximate surface area is 294 Å². The van der Waals surface area contributed by atoms with Gasteiger partial charge in [-0.3, -0.25) is 24.3 Å². The summed E-state index contributed by atoms with van der Waals surface area (Å²) in [5, 5.41) is 3.53. The first kappa shape index (κ1) is 35.5. The van der Waals surface area contributed by atoms with Crippen molar-refractivity contribution >= 4 is 61.1 Å². The Hall–Kier alpha value is -1.85. The fraction of sp³-hybridized carbons (Fsp3) is 0.600. The quantitative estimate of drug-likeness (QED) is 0.218. The summed E-state index contributed by atoms with van der Waals surface area (Å²) in [6.07, 6.45) is 7.31. The zero-order valence-corrected chi connectivity index (χ0v) is 30.9. The zero-order chi connectivity index (χ0) is 33.0. The van der Waals surface area contributed by atoms with E-state index >= 15 is 0 Å². The van der Waals surface area contributed by atoms with Crippen LogP contribution < -0.4 is 5.32 Å². The van der Waals surface area contributed by atoms with Gasteiger partial charge in [0.2, 0.25) is 11.8 Å². The Bertz CT molecular complexity index is 1420. The summed E-state index contributed by atoms with van der Waals surface area (Å²) in [5.74, 6) is 0.777. The van der Waals surface area contributed by atoms with E-state index in [2.05, 4.69) is 54.2 Å². The number of carbonyl (C=O) groups excluding carboxylic acids is 3. The van der Waals surface area contributed by atoms with Gasteiger partial charge in [-0.2, -0.15) is 0 Å². The van der Waals surface area contributed by atoms with E-state index in [0.717, 1.165) is 65.6 Å². The molecular formula is C35H45Br2ClN4O4. The van der Waals surface area contributed by atoms with Crippen molar-refractivity contribution in [1.29, 1.82) is 0 Å². The number of Topliss-reactive ketones (excluding diaryl/α,β-unsaturated/α-hetero) is 1. The number of hydrogen-bond donors (Lipinski definition) is 1. The number of nitrogens with zero attached hydrogens (tertiary/aromatic N) is 3. The number of ketones is 1. The van der Waals surface area contributed by atoms with Gasteiger partial charge in [0.15, 0.2) is 0 Å². The van der Waals surface area contributed by atoms with Gasteiger partial charge in [-0.25, -0.2) is 0 Å². The van der Waals surface area contributed by atoms with Gasteiger partial charge in [0.1, 0.15) is 18.4 Å². The van der Waals surface area contributed by atoms with Crippen molar-refractivity contribution in [2.24, 2.45) is 17.8 Å². The van der Waals surface area contributed by atoms with Crippen LogP contribution in [0.15, 0.2) is 33.3 Å². The fourth-order valence-electron chi connectivity index (χ4n) is 7.45. The molecule has 2 atom stereocenters. The van der Waals surface area contributed by atoms with Crippen molar-refractivity contribution in [2.45, 2.75) is 77.4 Å². The lowest BCUT2D eigenvalue weighted by Crippen LogP contribution is -2.44. The second-order valence-corrected chi connectivity index (χ2v) is 15.7. The summed E-state index contributed by atoms with van der Waals surface area (Å²) < 4.78 is 7.34. The SMILES string of the molecule is COC(NC(=O)CC(=O)N1CCC(CC(=O)CN2CCC([C@H]3c4ncc(Br)cc4CCc4cc(Cl)cc(Br)c43)CC2)CC1)C(C)C. The number of benzene rings is 1. The van der Waals surface area contributed by atoms with E-state index in [9.17, 15) is 14.4 Å². The number of amides is 2. The molecule has 11 heteroatoms. The van der Waals surface area contributed by atoms with E-state index in [4.69, 9.17) is 21.3 Å². The lowest BCUT2D eigenvalue weighted by Gasteiger charge is -2.37. The minimum atomic E-state index is -0.408. The highest BCUT2D eigenvalue weighted by molar-refractivity contribution is 9.10. The largest absolute Gasteiger partial charge is 0.361 e. The normalized spacial score (nSPS) is 20.2. The van der Waals surface area contributed by atoms with E-state index in [1.807, 2.05) is 26.1 Å². The van der Waals surface area contributed by atoms with E-state index < -0.39 is 6.23 Å². The zero-order valence-electron chi connectivity index (χ0n) is 27.0. The van der Waals surface area contributed by atoms with Crippen LogP contribution in [0, 0.1) is 17.8 Å². The number of nitrogens with one attached hydrogen (secondary N) is 1. The smallest absolute Gasteiger partial charge is 0.232 e. The number of halogens is 3. The highest BCUT2D eigenvalue weighted by Crippen LogP contribution is 2.46. The molecule has 0 radical (unpaired) electrons. The van der Waals surface area contributed by atoms with Gasteiger partial charge in [0.25, 0.3) is 0 Å². The molecule has 2 fully saturated rings. The maximum Gasteiger partial charge on any atom is 0.232 e. The van der Waals surface area contributed by atoms with E-state index in [0.29, 0.717) is 32.0 Å². The molecule has 3 heterocycles. The average molecular weight is 781 g/mol. The van der Waals surface area contributed by atoms with Crippen LogP contribution in [0.2, 0.25) is 5.02 Å². The van der Waals surface area contributed by atoms with Gasteiger partial charge in [-0.15, -0.1) is 0 Å². The minimum Gasteiger partial charge on any atom is -0.361 e. The fourth-order valence-corrected chi connectivity index (χ4v) is 8.95. The predicted molar refractivity (Wildman–Crippen MR) is 187 cm³/mol. The molecule has 1 aromatic heterocycles. The topological polar surface area (TPSA) is 91.8 Å². The summed E-state index contributed by atoms with van der Waals surface area (Å²) in [6.45, 7) is 7.32. The number of hydrogen-bond acceptors (Lipinski definition) is 6. The number of aryl methyl sites for hydroxylation is 2. The third kappa shape index (κ3) is 8.78. The van der Waals surface area contributed by atoms with Crippen LogP contribution in [0.1, 0.15) is 80.7 Å². The van der Waals surface area contributed by atoms with Crippen LogP contribution >= 0.6 is 43.5 Å². The summed E-state index contributed by atoms with van der Waals surface area (Å²) in [4.78, 5) is 47.3. The number of likely N-dealkylation sites (tertiary alicyclic amines) is 2. The molecular weight excluding hydrogens is 736 g/mol. The number of aromatic nitrogens is 1. The van der Waals surface area contributed by atoms with E-state index in [1.165, 1.54) is 22.4 Å². The second-order valence-electron chi connectivity index (χ2n) is 13.5. The Morgan fingerprint density at radius 1 is 1.02 bits per heavy atom. The molecule has 2 saturated heterocycles. The Morgan fingerprint density at radius 2 is 1.72 bits per heavy atom. The lowest BCUT2D eigenvalue weighted by molar-refractivity contribution is -0.138. The van der Waals surface area contributed by atoms with Gasteiger partial charge in [-0.05, 0) is 120 Å². The van der Waals surface area contributed by atoms with Crippen LogP contribution in [-0.2, 0) is 32.0 Å². The second kappa shape index (κ2) is 16.0. The van der Waals surface area contributed by atoms with E-state index in [1.54, 1.807) is 12.0 Å². The number of pyridine rings is 1. The molecule has 8 nitrogen and oxygen atoms in total. The third-order valence-electron chi connectivity index (χ3n) is 9.88. The Morgan fingerprint density at radius 3 is 2.39 bits per heavy atom. The van der Waals surface area contributed by atoms with Crippen LogP contribution in [0.3, 0.4) is 0 Å². The summed E-state index contributed by atoms with van der Waals surface area (Å²) >= 11 is 14.0. The molecule has 46 heavy (non-hydrogen) atoms. The van der Waals surface area contributed by atoms with Crippen molar-refractivity contribution < 1.29 is 19.1 Å². The monoisotopic (exact) mass is 778 g/mol. The molecule has 1 N–H and O–H groups in total. The maximum absolute atomic E-state index is 13.2. The number of ether oxygens (including phenoxy) is 1. The van der Waals surface area contributed by atoms with Gasteiger partial charge in [0.05, 0.1) is 12.2 Å². The van der Waals surface area contributed by atoms with Crippen LogP contribution in [0.5, 0.6) is 0 Å². The molecule has 2 aliphatic heterocycles. The number of rotatable bonds is 10. The molecule has 1 aliphatic carbocycles. The van der Waals surface area contributed by atoms with Crippen LogP contribution in [0.25, 0.3) is 0 Å². The standard InChI is InChI=1S/C35H45Br2ClN4O4/c1-21(2)35(46-3)40-30(44)18-31(45)42-12-6-22(7-13-42)14-28(43)20-41-10-8-23(9-11-41)33-32-24(16-27(38)17-29(32)37)4-5-25-15-26(36)19-39-34(25)33/h15-17,19,21-23,33,35H,4-14,18,20H2,1-3H3,(H,40,44)/t33-,35?/m1/s1. The van der Waals surface area contributed by atoms with Crippen molar-refractivity contribution in [3.05, 3.63) is 60.7 Å². The molecule has 0 spiro atoms. The predicted octanol–water partition coefficient (Wildman–Crippen LogP) is 6.54. The summed E-state index contributed by atoms with van der Waals surface area (Å²) in [5.41, 5.74) is 5.06. The number of fused-ring (bicyclic) bond motifs is 2. The number of carbonyl (C=O) groups is 3. The molecule has 3 aliphatic rings. The van der Waals surface area contributed by atoms with Crippen molar-refractivity contribution in [1.82, 2.24) is 20.1 Å². The molecule has 1 unspecified atom stereocenters. The van der Waals surface area contributed by atoms with Crippen molar-refractivity contribution in [2.75, 3.05) is 39.8 Å². The Balaban J connectivity index is 1.11. The number of piperidine rings is 2. The van der Waals surface area contributed by atoms with E-state index in [-0.39, 0.29) is 41.8 Å². The first-order chi connectivity index (χ1) is 22.0. The maximum atomic E-state index is 13.2. The third-order valence-corrected chi connectivity index (χ3v) is 11.2. The first-order valence-corrected chi connectivity index (χ1v) is 18.4. The van der Waals surface area contributed by atoms with Gasteiger partial charge >= 0.3 is 0 Å². The summed E-state index contributed by atoms with van der Waals surface area (Å²) in [7, 11) is 1.55. The van der Waals surface area contributed by atoms with Gasteiger partial charge < -0.3 is 15.0 Å². The summed E-state index contributed by atoms with van der Waals surface area (Å²) in [6, 6.07) is 6.34. The molecule has 0 bridgehead atoms. The average Bonchev–Trinajstić information content (AvgIpc) is 3.17. The van der Waals surface area contributed by atoms with Crippen LogP contribution in [-0.4, -0.2) is 78.4 Å². The van der Waals surface area contributed by atoms with Gasteiger partial charge in [0, 0.05) is 52.7 Å². The molecule has 250 valence electrons. The lowest BCUT2D eigenvalue weighted by atomic mass is 9.76. The Kier molecular flexibility index (Phi) is 12.4.